The number of hydrogen-bond acceptors (Lipinski definition) is 3. The number of hydrogen-bond donors (Lipinski definition) is 1. The van der Waals surface area contributed by atoms with Crippen LogP contribution in [0.4, 0.5) is 0 Å². The zero-order valence-electron chi connectivity index (χ0n) is 13.1. The van der Waals surface area contributed by atoms with E-state index in [-0.39, 0.29) is 0 Å². The Bertz CT molecular complexity index is 388. The van der Waals surface area contributed by atoms with Gasteiger partial charge in [-0.15, -0.1) is 0 Å². The van der Waals surface area contributed by atoms with Crippen LogP contribution in [-0.2, 0) is 17.7 Å². The minimum Gasteiger partial charge on any atom is -0.376 e. The van der Waals surface area contributed by atoms with Crippen molar-refractivity contribution < 1.29 is 4.74 Å². The molecule has 1 aliphatic heterocycles. The Balaban J connectivity index is 1.79. The number of benzene rings is 1. The Morgan fingerprint density at radius 2 is 1.95 bits per heavy atom. The van der Waals surface area contributed by atoms with Crippen molar-refractivity contribution >= 4 is 0 Å². The minimum absolute atomic E-state index is 0.366. The molecule has 1 heterocycles. The van der Waals surface area contributed by atoms with Crippen LogP contribution in [0.15, 0.2) is 24.3 Å². The number of rotatable bonds is 6. The summed E-state index contributed by atoms with van der Waals surface area (Å²) in [5, 5.41) is 3.46. The lowest BCUT2D eigenvalue weighted by atomic mass is 10.1. The molecular formula is C17H28N2O. The number of nitrogens with one attached hydrogen (secondary N) is 1. The third-order valence-electron chi connectivity index (χ3n) is 3.72. The van der Waals surface area contributed by atoms with E-state index in [1.54, 1.807) is 0 Å². The van der Waals surface area contributed by atoms with E-state index in [0.29, 0.717) is 12.1 Å². The van der Waals surface area contributed by atoms with Gasteiger partial charge in [0.2, 0.25) is 0 Å². The quantitative estimate of drug-likeness (QED) is 0.864. The van der Waals surface area contributed by atoms with Gasteiger partial charge in [0.1, 0.15) is 0 Å². The van der Waals surface area contributed by atoms with E-state index in [0.717, 1.165) is 39.2 Å². The van der Waals surface area contributed by atoms with Gasteiger partial charge < -0.3 is 10.1 Å². The van der Waals surface area contributed by atoms with E-state index in [1.165, 1.54) is 11.1 Å². The Morgan fingerprint density at radius 3 is 2.60 bits per heavy atom. The van der Waals surface area contributed by atoms with E-state index >= 15 is 0 Å². The molecule has 1 aliphatic rings. The van der Waals surface area contributed by atoms with Gasteiger partial charge in [-0.1, -0.05) is 38.1 Å². The molecule has 1 saturated heterocycles. The molecule has 1 unspecified atom stereocenters. The first-order valence-electron chi connectivity index (χ1n) is 7.78. The molecule has 3 nitrogen and oxygen atoms in total. The molecule has 1 fully saturated rings. The maximum atomic E-state index is 5.58. The SMILES string of the molecule is CC(C)NCCc1ccc(CN2CCOC(C)C2)cc1. The third-order valence-corrected chi connectivity index (χ3v) is 3.72. The molecule has 1 aromatic rings. The van der Waals surface area contributed by atoms with Crippen LogP contribution in [0.2, 0.25) is 0 Å². The normalized spacial score (nSPS) is 20.5. The lowest BCUT2D eigenvalue weighted by Gasteiger charge is -2.31. The van der Waals surface area contributed by atoms with Crippen LogP contribution >= 0.6 is 0 Å². The zero-order valence-corrected chi connectivity index (χ0v) is 13.1. The third kappa shape index (κ3) is 5.23. The fourth-order valence-electron chi connectivity index (χ4n) is 2.61. The van der Waals surface area contributed by atoms with Gasteiger partial charge in [-0.05, 0) is 31.0 Å². The van der Waals surface area contributed by atoms with Crippen molar-refractivity contribution in [2.24, 2.45) is 0 Å². The summed E-state index contributed by atoms with van der Waals surface area (Å²) in [5.74, 6) is 0. The van der Waals surface area contributed by atoms with Crippen molar-refractivity contribution in [3.63, 3.8) is 0 Å². The summed E-state index contributed by atoms with van der Waals surface area (Å²) in [6.45, 7) is 11.6. The molecule has 1 atom stereocenters. The predicted molar refractivity (Wildman–Crippen MR) is 84.0 cm³/mol. The number of morpholine rings is 1. The molecule has 0 aliphatic carbocycles. The fourth-order valence-corrected chi connectivity index (χ4v) is 2.61. The molecule has 0 saturated carbocycles. The zero-order chi connectivity index (χ0) is 14.4. The van der Waals surface area contributed by atoms with Crippen molar-refractivity contribution in [3.8, 4) is 0 Å². The van der Waals surface area contributed by atoms with E-state index in [9.17, 15) is 0 Å². The van der Waals surface area contributed by atoms with Gasteiger partial charge in [0.25, 0.3) is 0 Å². The van der Waals surface area contributed by atoms with Crippen LogP contribution in [0, 0.1) is 0 Å². The topological polar surface area (TPSA) is 24.5 Å². The molecule has 0 radical (unpaired) electrons. The first-order chi connectivity index (χ1) is 9.63. The molecule has 0 bridgehead atoms. The lowest BCUT2D eigenvalue weighted by Crippen LogP contribution is -2.40. The molecular weight excluding hydrogens is 248 g/mol. The second-order valence-corrected chi connectivity index (χ2v) is 6.09. The highest BCUT2D eigenvalue weighted by molar-refractivity contribution is 5.22. The summed E-state index contributed by atoms with van der Waals surface area (Å²) in [6, 6.07) is 9.63. The van der Waals surface area contributed by atoms with Crippen molar-refractivity contribution in [2.75, 3.05) is 26.2 Å². The van der Waals surface area contributed by atoms with Gasteiger partial charge in [-0.25, -0.2) is 0 Å². The van der Waals surface area contributed by atoms with Crippen LogP contribution in [0.5, 0.6) is 0 Å². The predicted octanol–water partition coefficient (Wildman–Crippen LogP) is 2.45. The van der Waals surface area contributed by atoms with E-state index < -0.39 is 0 Å². The highest BCUT2D eigenvalue weighted by Gasteiger charge is 2.16. The second kappa shape index (κ2) is 7.77. The molecule has 0 amide bonds. The van der Waals surface area contributed by atoms with Crippen LogP contribution in [0.1, 0.15) is 31.9 Å². The maximum absolute atomic E-state index is 5.58. The summed E-state index contributed by atoms with van der Waals surface area (Å²) in [4.78, 5) is 2.48. The molecule has 3 heteroatoms. The average Bonchev–Trinajstić information content (AvgIpc) is 2.40. The molecule has 0 aromatic heterocycles. The number of nitrogens with zero attached hydrogens (tertiary/aromatic N) is 1. The molecule has 20 heavy (non-hydrogen) atoms. The van der Waals surface area contributed by atoms with E-state index in [1.807, 2.05) is 0 Å². The van der Waals surface area contributed by atoms with Crippen LogP contribution in [0.3, 0.4) is 0 Å². The standard InChI is InChI=1S/C17H28N2O/c1-14(2)18-9-8-16-4-6-17(7-5-16)13-19-10-11-20-15(3)12-19/h4-7,14-15,18H,8-13H2,1-3H3. The summed E-state index contributed by atoms with van der Waals surface area (Å²) in [5.41, 5.74) is 2.82. The van der Waals surface area contributed by atoms with Crippen molar-refractivity contribution in [2.45, 2.75) is 45.9 Å². The summed E-state index contributed by atoms with van der Waals surface area (Å²) < 4.78 is 5.58. The molecule has 112 valence electrons. The van der Waals surface area contributed by atoms with Crippen molar-refractivity contribution in [1.29, 1.82) is 0 Å². The summed E-state index contributed by atoms with van der Waals surface area (Å²) >= 11 is 0. The summed E-state index contributed by atoms with van der Waals surface area (Å²) in [6.07, 6.45) is 1.47. The Kier molecular flexibility index (Phi) is 6.02. The Labute approximate surface area is 123 Å². The van der Waals surface area contributed by atoms with Crippen LogP contribution in [-0.4, -0.2) is 43.3 Å². The minimum atomic E-state index is 0.366. The van der Waals surface area contributed by atoms with Gasteiger partial charge in [-0.3, -0.25) is 4.90 Å². The van der Waals surface area contributed by atoms with E-state index in [4.69, 9.17) is 4.74 Å². The average molecular weight is 276 g/mol. The molecule has 1 N–H and O–H groups in total. The summed E-state index contributed by atoms with van der Waals surface area (Å²) in [7, 11) is 0. The Hall–Kier alpha value is -0.900. The lowest BCUT2D eigenvalue weighted by molar-refractivity contribution is -0.0212. The van der Waals surface area contributed by atoms with Crippen molar-refractivity contribution in [1.82, 2.24) is 10.2 Å². The van der Waals surface area contributed by atoms with Gasteiger partial charge >= 0.3 is 0 Å². The van der Waals surface area contributed by atoms with E-state index in [2.05, 4.69) is 55.3 Å². The highest BCUT2D eigenvalue weighted by Crippen LogP contribution is 2.11. The van der Waals surface area contributed by atoms with Gasteiger partial charge in [0, 0.05) is 25.7 Å². The van der Waals surface area contributed by atoms with Gasteiger partial charge in [0.05, 0.1) is 12.7 Å². The smallest absolute Gasteiger partial charge is 0.0674 e. The monoisotopic (exact) mass is 276 g/mol. The number of ether oxygens (including phenoxy) is 1. The van der Waals surface area contributed by atoms with Gasteiger partial charge in [0.15, 0.2) is 0 Å². The Morgan fingerprint density at radius 1 is 1.25 bits per heavy atom. The molecule has 0 spiro atoms. The first kappa shape index (κ1) is 15.5. The molecule has 1 aromatic carbocycles. The largest absolute Gasteiger partial charge is 0.376 e. The fraction of sp³-hybridized carbons (Fsp3) is 0.647. The van der Waals surface area contributed by atoms with Crippen LogP contribution in [0.25, 0.3) is 0 Å². The molecule has 2 rings (SSSR count). The van der Waals surface area contributed by atoms with Gasteiger partial charge in [-0.2, -0.15) is 0 Å². The second-order valence-electron chi connectivity index (χ2n) is 6.09. The highest BCUT2D eigenvalue weighted by atomic mass is 16.5. The van der Waals surface area contributed by atoms with Crippen LogP contribution < -0.4 is 5.32 Å². The maximum Gasteiger partial charge on any atom is 0.0674 e. The van der Waals surface area contributed by atoms with Crippen molar-refractivity contribution in [3.05, 3.63) is 35.4 Å². The first-order valence-corrected chi connectivity index (χ1v) is 7.78.